The molecule has 0 heterocycles. The molecule has 0 bridgehead atoms. The van der Waals surface area contributed by atoms with Gasteiger partial charge in [0.2, 0.25) is 5.91 Å². The molecule has 0 atom stereocenters. The Morgan fingerprint density at radius 1 is 1.10 bits per heavy atom. The molecule has 2 rings (SSSR count). The van der Waals surface area contributed by atoms with Crippen LogP contribution in [-0.4, -0.2) is 20.6 Å². The van der Waals surface area contributed by atoms with Gasteiger partial charge in [0.25, 0.3) is 0 Å². The summed E-state index contributed by atoms with van der Waals surface area (Å²) in [6, 6.07) is 11.6. The Balaban J connectivity index is 2.60. The fourth-order valence-electron chi connectivity index (χ4n) is 1.80. The summed E-state index contributed by atoms with van der Waals surface area (Å²) in [7, 11) is -3.27. The lowest BCUT2D eigenvalue weighted by Crippen LogP contribution is -2.10. The topological polar surface area (TPSA) is 77.2 Å². The molecule has 0 aliphatic carbocycles. The molecule has 0 aliphatic heterocycles. The van der Waals surface area contributed by atoms with Gasteiger partial charge in [0, 0.05) is 16.3 Å². The second kappa shape index (κ2) is 5.38. The van der Waals surface area contributed by atoms with Gasteiger partial charge in [0.15, 0.2) is 9.84 Å². The molecule has 2 aromatic rings. The monoisotopic (exact) mass is 353 g/mol. The maximum absolute atomic E-state index is 11.6. The molecule has 20 heavy (non-hydrogen) atoms. The molecule has 0 unspecified atom stereocenters. The molecule has 1 amide bonds. The van der Waals surface area contributed by atoms with E-state index in [1.807, 2.05) is 0 Å². The number of halogens is 1. The fourth-order valence-corrected chi connectivity index (χ4v) is 2.96. The van der Waals surface area contributed by atoms with E-state index in [0.29, 0.717) is 15.6 Å². The van der Waals surface area contributed by atoms with Gasteiger partial charge >= 0.3 is 0 Å². The first-order valence-electron chi connectivity index (χ1n) is 5.68. The van der Waals surface area contributed by atoms with Crippen LogP contribution in [0.5, 0.6) is 0 Å². The molecule has 0 radical (unpaired) electrons. The average molecular weight is 354 g/mol. The maximum atomic E-state index is 11.6. The van der Waals surface area contributed by atoms with E-state index < -0.39 is 15.7 Å². The van der Waals surface area contributed by atoms with Crippen LogP contribution < -0.4 is 5.73 Å². The van der Waals surface area contributed by atoms with Gasteiger partial charge in [-0.1, -0.05) is 28.1 Å². The summed E-state index contributed by atoms with van der Waals surface area (Å²) in [6.07, 6.45) is 1.15. The first-order valence-corrected chi connectivity index (χ1v) is 8.37. The Labute approximate surface area is 125 Å². The van der Waals surface area contributed by atoms with Crippen molar-refractivity contribution in [1.29, 1.82) is 0 Å². The highest BCUT2D eigenvalue weighted by atomic mass is 79.9. The smallest absolute Gasteiger partial charge is 0.248 e. The van der Waals surface area contributed by atoms with Crippen LogP contribution in [0.25, 0.3) is 11.1 Å². The molecule has 2 N–H and O–H groups in total. The lowest BCUT2D eigenvalue weighted by atomic mass is 10.0. The fraction of sp³-hybridized carbons (Fsp3) is 0.0714. The quantitative estimate of drug-likeness (QED) is 0.921. The van der Waals surface area contributed by atoms with Gasteiger partial charge in [-0.05, 0) is 41.5 Å². The zero-order valence-electron chi connectivity index (χ0n) is 10.6. The van der Waals surface area contributed by atoms with E-state index in [9.17, 15) is 13.2 Å². The number of primary amides is 1. The van der Waals surface area contributed by atoms with E-state index in [1.165, 1.54) is 6.07 Å². The molecule has 2 aromatic carbocycles. The van der Waals surface area contributed by atoms with E-state index in [0.717, 1.165) is 11.8 Å². The van der Waals surface area contributed by atoms with Crippen molar-refractivity contribution >= 4 is 31.7 Å². The lowest BCUT2D eigenvalue weighted by Gasteiger charge is -2.07. The normalized spacial score (nSPS) is 11.3. The number of benzene rings is 2. The number of hydrogen-bond donors (Lipinski definition) is 1. The Morgan fingerprint density at radius 3 is 2.40 bits per heavy atom. The minimum absolute atomic E-state index is 0.232. The number of amides is 1. The number of rotatable bonds is 3. The van der Waals surface area contributed by atoms with Crippen LogP contribution in [0.3, 0.4) is 0 Å². The summed E-state index contributed by atoms with van der Waals surface area (Å²) in [5, 5.41) is 0. The number of nitrogens with two attached hydrogens (primary N) is 1. The summed E-state index contributed by atoms with van der Waals surface area (Å²) >= 11 is 3.31. The minimum atomic E-state index is -3.27. The SMILES string of the molecule is CS(=O)(=O)c1cccc(-c2cc(Br)cc(C(N)=O)c2)c1. The molecular formula is C14H12BrNO3S. The average Bonchev–Trinajstić information content (AvgIpc) is 2.37. The van der Waals surface area contributed by atoms with Crippen LogP contribution in [0.1, 0.15) is 10.4 Å². The highest BCUT2D eigenvalue weighted by Crippen LogP contribution is 2.27. The van der Waals surface area contributed by atoms with Crippen molar-refractivity contribution in [2.45, 2.75) is 4.90 Å². The molecule has 0 saturated carbocycles. The van der Waals surface area contributed by atoms with Crippen LogP contribution >= 0.6 is 15.9 Å². The number of carbonyl (C=O) groups is 1. The lowest BCUT2D eigenvalue weighted by molar-refractivity contribution is 0.1000. The van der Waals surface area contributed by atoms with Crippen LogP contribution in [-0.2, 0) is 9.84 Å². The Morgan fingerprint density at radius 2 is 1.80 bits per heavy atom. The third-order valence-electron chi connectivity index (χ3n) is 2.78. The number of sulfone groups is 1. The highest BCUT2D eigenvalue weighted by molar-refractivity contribution is 9.10. The molecule has 0 saturated heterocycles. The van der Waals surface area contributed by atoms with E-state index in [4.69, 9.17) is 5.73 Å². The maximum Gasteiger partial charge on any atom is 0.248 e. The first kappa shape index (κ1) is 14.7. The van der Waals surface area contributed by atoms with Gasteiger partial charge < -0.3 is 5.73 Å². The van der Waals surface area contributed by atoms with Crippen LogP contribution in [0, 0.1) is 0 Å². The molecule has 6 heteroatoms. The van der Waals surface area contributed by atoms with Crippen molar-refractivity contribution in [3.63, 3.8) is 0 Å². The Kier molecular flexibility index (Phi) is 3.96. The van der Waals surface area contributed by atoms with Crippen LogP contribution in [0.4, 0.5) is 0 Å². The summed E-state index contributed by atoms with van der Waals surface area (Å²) < 4.78 is 23.9. The zero-order valence-corrected chi connectivity index (χ0v) is 13.0. The van der Waals surface area contributed by atoms with E-state index >= 15 is 0 Å². The second-order valence-corrected chi connectivity index (χ2v) is 7.32. The Bertz CT molecular complexity index is 785. The van der Waals surface area contributed by atoms with Gasteiger partial charge in [-0.2, -0.15) is 0 Å². The first-order chi connectivity index (χ1) is 9.27. The second-order valence-electron chi connectivity index (χ2n) is 4.39. The van der Waals surface area contributed by atoms with Gasteiger partial charge in [0.1, 0.15) is 0 Å². The standard InChI is InChI=1S/C14H12BrNO3S/c1-20(18,19)13-4-2-3-9(8-13)10-5-11(14(16)17)7-12(15)6-10/h2-8H,1H3,(H2,16,17). The number of carbonyl (C=O) groups excluding carboxylic acids is 1. The molecule has 104 valence electrons. The van der Waals surface area contributed by atoms with Crippen molar-refractivity contribution < 1.29 is 13.2 Å². The van der Waals surface area contributed by atoms with Crippen LogP contribution in [0.15, 0.2) is 51.8 Å². The molecule has 0 fully saturated rings. The Hall–Kier alpha value is -1.66. The van der Waals surface area contributed by atoms with Crippen molar-refractivity contribution in [2.75, 3.05) is 6.26 Å². The highest BCUT2D eigenvalue weighted by Gasteiger charge is 2.10. The molecule has 4 nitrogen and oxygen atoms in total. The summed E-state index contributed by atoms with van der Waals surface area (Å²) in [5.74, 6) is -0.535. The van der Waals surface area contributed by atoms with Crippen molar-refractivity contribution in [2.24, 2.45) is 5.73 Å². The van der Waals surface area contributed by atoms with Crippen molar-refractivity contribution in [3.05, 3.63) is 52.5 Å². The van der Waals surface area contributed by atoms with Gasteiger partial charge in [0.05, 0.1) is 4.90 Å². The zero-order chi connectivity index (χ0) is 14.9. The van der Waals surface area contributed by atoms with Crippen LogP contribution in [0.2, 0.25) is 0 Å². The van der Waals surface area contributed by atoms with E-state index in [-0.39, 0.29) is 4.90 Å². The predicted molar refractivity (Wildman–Crippen MR) is 81.2 cm³/mol. The van der Waals surface area contributed by atoms with Crippen molar-refractivity contribution in [1.82, 2.24) is 0 Å². The summed E-state index contributed by atoms with van der Waals surface area (Å²) in [5.41, 5.74) is 7.06. The van der Waals surface area contributed by atoms with Crippen molar-refractivity contribution in [3.8, 4) is 11.1 Å². The molecule has 0 aromatic heterocycles. The van der Waals surface area contributed by atoms with E-state index in [1.54, 1.807) is 36.4 Å². The summed E-state index contributed by atoms with van der Waals surface area (Å²) in [6.45, 7) is 0. The summed E-state index contributed by atoms with van der Waals surface area (Å²) in [4.78, 5) is 11.5. The third kappa shape index (κ3) is 3.26. The van der Waals surface area contributed by atoms with Gasteiger partial charge in [-0.3, -0.25) is 4.79 Å². The molecular weight excluding hydrogens is 342 g/mol. The molecule has 0 spiro atoms. The number of hydrogen-bond acceptors (Lipinski definition) is 3. The van der Waals surface area contributed by atoms with Gasteiger partial charge in [-0.25, -0.2) is 8.42 Å². The predicted octanol–water partition coefficient (Wildman–Crippen LogP) is 2.62. The minimum Gasteiger partial charge on any atom is -0.366 e. The largest absolute Gasteiger partial charge is 0.366 e. The third-order valence-corrected chi connectivity index (χ3v) is 4.35. The molecule has 0 aliphatic rings. The van der Waals surface area contributed by atoms with E-state index in [2.05, 4.69) is 15.9 Å². The van der Waals surface area contributed by atoms with Gasteiger partial charge in [-0.15, -0.1) is 0 Å².